The van der Waals surface area contributed by atoms with E-state index in [4.69, 9.17) is 4.74 Å². The van der Waals surface area contributed by atoms with E-state index >= 15 is 0 Å². The Labute approximate surface area is 120 Å². The van der Waals surface area contributed by atoms with E-state index in [-0.39, 0.29) is 6.09 Å². The molecule has 1 N–H and O–H groups in total. The summed E-state index contributed by atoms with van der Waals surface area (Å²) in [5, 5.41) is 3.59. The van der Waals surface area contributed by atoms with E-state index in [9.17, 15) is 4.79 Å². The van der Waals surface area contributed by atoms with E-state index in [1.807, 2.05) is 32.5 Å². The molecule has 1 aliphatic heterocycles. The molecule has 0 unspecified atom stereocenters. The van der Waals surface area contributed by atoms with Crippen molar-refractivity contribution in [2.75, 3.05) is 25.9 Å². The van der Waals surface area contributed by atoms with Gasteiger partial charge in [-0.2, -0.15) is 11.8 Å². The second-order valence-corrected chi connectivity index (χ2v) is 7.98. The quantitative estimate of drug-likeness (QED) is 0.862. The number of rotatable bonds is 4. The van der Waals surface area contributed by atoms with Gasteiger partial charge in [0.1, 0.15) is 5.60 Å². The fourth-order valence-corrected chi connectivity index (χ4v) is 3.36. The van der Waals surface area contributed by atoms with Gasteiger partial charge in [-0.05, 0) is 39.9 Å². The van der Waals surface area contributed by atoms with E-state index in [0.717, 1.165) is 19.6 Å². The molecule has 2 rings (SSSR count). The van der Waals surface area contributed by atoms with Gasteiger partial charge in [0.05, 0.1) is 0 Å². The Morgan fingerprint density at radius 2 is 2.05 bits per heavy atom. The summed E-state index contributed by atoms with van der Waals surface area (Å²) >= 11 is 1.98. The number of thioether (sulfide) groups is 1. The lowest BCUT2D eigenvalue weighted by atomic mass is 9.84. The topological polar surface area (TPSA) is 41.6 Å². The zero-order valence-electron chi connectivity index (χ0n) is 12.5. The van der Waals surface area contributed by atoms with Crippen molar-refractivity contribution in [3.63, 3.8) is 0 Å². The predicted octanol–water partition coefficient (Wildman–Crippen LogP) is 2.48. The normalized spacial score (nSPS) is 22.6. The van der Waals surface area contributed by atoms with Crippen LogP contribution in [0.4, 0.5) is 4.79 Å². The summed E-state index contributed by atoms with van der Waals surface area (Å²) in [5.74, 6) is 0. The summed E-state index contributed by atoms with van der Waals surface area (Å²) in [6, 6.07) is 0.442. The van der Waals surface area contributed by atoms with E-state index < -0.39 is 5.60 Å². The van der Waals surface area contributed by atoms with Crippen LogP contribution < -0.4 is 5.32 Å². The van der Waals surface area contributed by atoms with Crippen LogP contribution in [0.25, 0.3) is 0 Å². The molecule has 0 bridgehead atoms. The minimum Gasteiger partial charge on any atom is -0.444 e. The van der Waals surface area contributed by atoms with Crippen molar-refractivity contribution in [3.8, 4) is 0 Å². The number of carbonyl (C=O) groups excluding carboxylic acids is 1. The lowest BCUT2D eigenvalue weighted by molar-refractivity contribution is 0.00492. The van der Waals surface area contributed by atoms with Gasteiger partial charge in [0.25, 0.3) is 0 Å². The van der Waals surface area contributed by atoms with Gasteiger partial charge >= 0.3 is 6.09 Å². The van der Waals surface area contributed by atoms with Gasteiger partial charge in [0.15, 0.2) is 0 Å². The van der Waals surface area contributed by atoms with E-state index in [2.05, 4.69) is 11.6 Å². The first-order valence-electron chi connectivity index (χ1n) is 7.10. The number of carbonyl (C=O) groups is 1. The van der Waals surface area contributed by atoms with Gasteiger partial charge in [0, 0.05) is 30.4 Å². The number of hydrogen-bond donors (Lipinski definition) is 1. The molecule has 19 heavy (non-hydrogen) atoms. The fourth-order valence-electron chi connectivity index (χ4n) is 2.44. The summed E-state index contributed by atoms with van der Waals surface area (Å²) in [4.78, 5) is 13.6. The zero-order valence-corrected chi connectivity index (χ0v) is 13.3. The Balaban J connectivity index is 1.65. The molecule has 2 aliphatic rings. The van der Waals surface area contributed by atoms with Crippen LogP contribution in [0.5, 0.6) is 0 Å². The highest BCUT2D eigenvalue weighted by Crippen LogP contribution is 2.42. The lowest BCUT2D eigenvalue weighted by Crippen LogP contribution is -2.62. The molecule has 0 aromatic carbocycles. The monoisotopic (exact) mass is 286 g/mol. The van der Waals surface area contributed by atoms with Crippen LogP contribution in [0.15, 0.2) is 0 Å². The van der Waals surface area contributed by atoms with Crippen molar-refractivity contribution in [2.45, 2.75) is 56.4 Å². The molecule has 0 aromatic rings. The Bertz CT molecular complexity index is 325. The summed E-state index contributed by atoms with van der Waals surface area (Å²) in [5.41, 5.74) is -0.398. The molecule has 0 radical (unpaired) electrons. The van der Waals surface area contributed by atoms with Gasteiger partial charge in [-0.1, -0.05) is 6.42 Å². The lowest BCUT2D eigenvalue weighted by Gasteiger charge is -2.45. The number of ether oxygens (including phenoxy) is 1. The predicted molar refractivity (Wildman–Crippen MR) is 79.7 cm³/mol. The third kappa shape index (κ3) is 3.78. The molecule has 1 heterocycles. The maximum absolute atomic E-state index is 11.8. The molecule has 1 amide bonds. The number of nitrogens with zero attached hydrogens (tertiary/aromatic N) is 1. The average Bonchev–Trinajstić information content (AvgIpc) is 2.16. The highest BCUT2D eigenvalue weighted by atomic mass is 32.2. The summed E-state index contributed by atoms with van der Waals surface area (Å²) < 4.78 is 5.81. The first-order valence-corrected chi connectivity index (χ1v) is 8.32. The molecule has 0 aromatic heterocycles. The van der Waals surface area contributed by atoms with Crippen molar-refractivity contribution in [2.24, 2.45) is 0 Å². The van der Waals surface area contributed by atoms with Crippen molar-refractivity contribution >= 4 is 17.9 Å². The molecule has 110 valence electrons. The standard InChI is InChI=1S/C14H26N2O2S/c1-13(2,3)18-12(17)16-8-11(9-16)15-10-14(19-4)6-5-7-14/h11,15H,5-10H2,1-4H3. The van der Waals surface area contributed by atoms with Crippen molar-refractivity contribution < 1.29 is 9.53 Å². The van der Waals surface area contributed by atoms with Crippen LogP contribution in [0.2, 0.25) is 0 Å². The second kappa shape index (κ2) is 5.52. The van der Waals surface area contributed by atoms with E-state index in [0.29, 0.717) is 10.8 Å². The van der Waals surface area contributed by atoms with Gasteiger partial charge in [-0.25, -0.2) is 4.79 Å². The zero-order chi connectivity index (χ0) is 14.1. The van der Waals surface area contributed by atoms with Crippen LogP contribution in [0.1, 0.15) is 40.0 Å². The molecule has 1 saturated carbocycles. The molecule has 2 fully saturated rings. The third-order valence-electron chi connectivity index (χ3n) is 3.94. The first-order chi connectivity index (χ1) is 8.84. The van der Waals surface area contributed by atoms with Crippen LogP contribution in [0.3, 0.4) is 0 Å². The van der Waals surface area contributed by atoms with Crippen molar-refractivity contribution in [1.29, 1.82) is 0 Å². The second-order valence-electron chi connectivity index (χ2n) is 6.70. The number of nitrogens with one attached hydrogen (secondary N) is 1. The number of likely N-dealkylation sites (tertiary alicyclic amines) is 1. The molecular weight excluding hydrogens is 260 g/mol. The molecule has 1 aliphatic carbocycles. The average molecular weight is 286 g/mol. The minimum absolute atomic E-state index is 0.186. The Morgan fingerprint density at radius 1 is 1.42 bits per heavy atom. The number of amides is 1. The van der Waals surface area contributed by atoms with Crippen LogP contribution in [-0.4, -0.2) is 53.3 Å². The van der Waals surface area contributed by atoms with Gasteiger partial charge in [-0.3, -0.25) is 0 Å². The van der Waals surface area contributed by atoms with Gasteiger partial charge in [-0.15, -0.1) is 0 Å². The number of hydrogen-bond acceptors (Lipinski definition) is 4. The first kappa shape index (κ1) is 15.0. The molecule has 1 saturated heterocycles. The van der Waals surface area contributed by atoms with E-state index in [1.54, 1.807) is 4.90 Å². The third-order valence-corrected chi connectivity index (χ3v) is 5.36. The molecule has 0 atom stereocenters. The minimum atomic E-state index is -0.398. The van der Waals surface area contributed by atoms with Gasteiger partial charge in [0.2, 0.25) is 0 Å². The van der Waals surface area contributed by atoms with Crippen LogP contribution in [0, 0.1) is 0 Å². The smallest absolute Gasteiger partial charge is 0.410 e. The van der Waals surface area contributed by atoms with Crippen molar-refractivity contribution in [1.82, 2.24) is 10.2 Å². The van der Waals surface area contributed by atoms with Crippen LogP contribution in [-0.2, 0) is 4.74 Å². The Morgan fingerprint density at radius 3 is 2.47 bits per heavy atom. The Hall–Kier alpha value is -0.420. The SMILES string of the molecule is CSC1(CNC2CN(C(=O)OC(C)(C)C)C2)CCC1. The van der Waals surface area contributed by atoms with Crippen molar-refractivity contribution in [3.05, 3.63) is 0 Å². The molecule has 5 heteroatoms. The fraction of sp³-hybridized carbons (Fsp3) is 0.929. The summed E-state index contributed by atoms with van der Waals surface area (Å²) in [6.07, 6.45) is 6.02. The largest absolute Gasteiger partial charge is 0.444 e. The molecule has 4 nitrogen and oxygen atoms in total. The maximum atomic E-state index is 11.8. The van der Waals surface area contributed by atoms with Crippen LogP contribution >= 0.6 is 11.8 Å². The Kier molecular flexibility index (Phi) is 4.35. The maximum Gasteiger partial charge on any atom is 0.410 e. The van der Waals surface area contributed by atoms with E-state index in [1.165, 1.54) is 19.3 Å². The highest BCUT2D eigenvalue weighted by molar-refractivity contribution is 8.00. The molecule has 0 spiro atoms. The highest BCUT2D eigenvalue weighted by Gasteiger charge is 2.39. The molecular formula is C14H26N2O2S. The summed E-state index contributed by atoms with van der Waals surface area (Å²) in [7, 11) is 0. The van der Waals surface area contributed by atoms with Gasteiger partial charge < -0.3 is 15.0 Å². The summed E-state index contributed by atoms with van der Waals surface area (Å²) in [6.45, 7) is 8.33.